The molecule has 0 fully saturated rings. The maximum Gasteiger partial charge on any atom is 0.371 e. The number of benzene rings is 1. The molecular weight excluding hydrogens is 378 g/mol. The highest BCUT2D eigenvalue weighted by Crippen LogP contribution is 2.65. The van der Waals surface area contributed by atoms with E-state index < -0.39 is 15.2 Å². The fraction of sp³-hybridized carbons (Fsp3) is 0.353. The van der Waals surface area contributed by atoms with Crippen LogP contribution in [-0.2, 0) is 33.6 Å². The lowest BCUT2D eigenvalue weighted by Crippen LogP contribution is -2.13. The summed E-state index contributed by atoms with van der Waals surface area (Å²) in [6.07, 6.45) is 2.07. The molecule has 0 atom stereocenters. The maximum absolute atomic E-state index is 13.3. The van der Waals surface area contributed by atoms with Crippen molar-refractivity contribution in [3.63, 3.8) is 0 Å². The highest BCUT2D eigenvalue weighted by atomic mass is 31.2. The molecule has 2 rings (SSSR count). The van der Waals surface area contributed by atoms with E-state index in [1.807, 2.05) is 30.3 Å². The zero-order valence-electron chi connectivity index (χ0n) is 15.5. The molecule has 0 amide bonds. The minimum atomic E-state index is -3.79. The van der Waals surface area contributed by atoms with Crippen LogP contribution in [0.5, 0.6) is 0 Å². The van der Waals surface area contributed by atoms with Gasteiger partial charge < -0.3 is 27.0 Å². The normalized spacial score (nSPS) is 12.3. The number of hydrogen-bond acceptors (Lipinski definition) is 7. The van der Waals surface area contributed by atoms with Gasteiger partial charge in [-0.05, 0) is 11.6 Å². The standard InChI is InChI=1S/C17H24O7P2/c1-19-25(18,20-2)17(26(21-3,22-4)23-5)16-15(11-12-24-16)13-14-9-7-6-8-10-14/h6-12H,13H2,1-5H3. The molecule has 0 bridgehead atoms. The molecule has 1 heterocycles. The van der Waals surface area contributed by atoms with Gasteiger partial charge in [-0.25, -0.2) is 0 Å². The molecule has 9 heteroatoms. The van der Waals surface area contributed by atoms with Crippen LogP contribution in [0.2, 0.25) is 0 Å². The highest BCUT2D eigenvalue weighted by molar-refractivity contribution is 7.89. The molecule has 1 aromatic heterocycles. The highest BCUT2D eigenvalue weighted by Gasteiger charge is 2.43. The van der Waals surface area contributed by atoms with E-state index in [9.17, 15) is 4.57 Å². The first kappa shape index (κ1) is 21.1. The molecule has 2 aromatic rings. The molecule has 1 aromatic carbocycles. The van der Waals surface area contributed by atoms with Crippen molar-refractivity contribution in [2.24, 2.45) is 0 Å². The fourth-order valence-corrected chi connectivity index (χ4v) is 7.39. The van der Waals surface area contributed by atoms with Crippen LogP contribution in [0, 0.1) is 0 Å². The summed E-state index contributed by atoms with van der Waals surface area (Å²) >= 11 is 0. The predicted octanol–water partition coefficient (Wildman–Crippen LogP) is 4.54. The summed E-state index contributed by atoms with van der Waals surface area (Å²) in [5, 5.41) is 0.110. The lowest BCUT2D eigenvalue weighted by Gasteiger charge is -2.27. The molecular formula is C17H24O7P2. The van der Waals surface area contributed by atoms with E-state index in [0.29, 0.717) is 12.2 Å². The summed E-state index contributed by atoms with van der Waals surface area (Å²) in [6.45, 7) is 0. The van der Waals surface area contributed by atoms with Gasteiger partial charge in [0.2, 0.25) is 0 Å². The number of furan rings is 1. The van der Waals surface area contributed by atoms with E-state index in [-0.39, 0.29) is 5.03 Å². The first-order chi connectivity index (χ1) is 12.5. The van der Waals surface area contributed by atoms with Crippen LogP contribution in [0.15, 0.2) is 47.1 Å². The van der Waals surface area contributed by atoms with E-state index in [0.717, 1.165) is 11.1 Å². The molecule has 7 nitrogen and oxygen atoms in total. The fourth-order valence-electron chi connectivity index (χ4n) is 2.62. The van der Waals surface area contributed by atoms with E-state index in [2.05, 4.69) is 0 Å². The van der Waals surface area contributed by atoms with E-state index in [4.69, 9.17) is 27.0 Å². The Hall–Kier alpha value is -1.17. The summed E-state index contributed by atoms with van der Waals surface area (Å²) in [5.41, 5.74) is 1.85. The average Bonchev–Trinajstić information content (AvgIpc) is 3.13. The lowest BCUT2D eigenvalue weighted by molar-refractivity contribution is 0.231. The second-order valence-electron chi connectivity index (χ2n) is 5.17. The zero-order chi connectivity index (χ0) is 19.2. The molecule has 0 aliphatic rings. The van der Waals surface area contributed by atoms with Gasteiger partial charge in [0.1, 0.15) is 0 Å². The van der Waals surface area contributed by atoms with Crippen LogP contribution in [0.1, 0.15) is 16.9 Å². The summed E-state index contributed by atoms with van der Waals surface area (Å²) in [4.78, 5) is 0. The third-order valence-corrected chi connectivity index (χ3v) is 9.22. The van der Waals surface area contributed by atoms with Crippen molar-refractivity contribution in [1.29, 1.82) is 0 Å². The Labute approximate surface area is 153 Å². The van der Waals surface area contributed by atoms with Crippen LogP contribution in [0.25, 0.3) is 0 Å². The van der Waals surface area contributed by atoms with Crippen LogP contribution in [0.4, 0.5) is 0 Å². The molecule has 0 spiro atoms. The SMILES string of the molecule is COP(=O)(OC)C(c1occc1Cc1ccccc1)=P(OC)(OC)OC. The minimum absolute atomic E-state index is 0.110. The Morgan fingerprint density at radius 2 is 1.46 bits per heavy atom. The quantitative estimate of drug-likeness (QED) is 0.570. The van der Waals surface area contributed by atoms with E-state index >= 15 is 0 Å². The van der Waals surface area contributed by atoms with Gasteiger partial charge in [-0.3, -0.25) is 4.57 Å². The third-order valence-electron chi connectivity index (χ3n) is 3.91. The summed E-state index contributed by atoms with van der Waals surface area (Å²) in [6, 6.07) is 11.6. The Balaban J connectivity index is 2.72. The maximum atomic E-state index is 13.3. The molecule has 0 N–H and O–H groups in total. The molecule has 0 saturated heterocycles. The van der Waals surface area contributed by atoms with Crippen molar-refractivity contribution in [3.05, 3.63) is 59.5 Å². The van der Waals surface area contributed by atoms with Crippen molar-refractivity contribution in [3.8, 4) is 0 Å². The zero-order valence-corrected chi connectivity index (χ0v) is 17.3. The van der Waals surface area contributed by atoms with Gasteiger partial charge in [0.25, 0.3) is 7.57 Å². The number of hydrogen-bond donors (Lipinski definition) is 0. The molecule has 0 aliphatic heterocycles. The van der Waals surface area contributed by atoms with Gasteiger partial charge in [-0.1, -0.05) is 30.3 Å². The van der Waals surface area contributed by atoms with Gasteiger partial charge in [-0.2, -0.15) is 0 Å². The van der Waals surface area contributed by atoms with Crippen molar-refractivity contribution in [2.45, 2.75) is 6.42 Å². The first-order valence-corrected chi connectivity index (χ1v) is 10.8. The first-order valence-electron chi connectivity index (χ1n) is 7.76. The summed E-state index contributed by atoms with van der Waals surface area (Å²) < 4.78 is 46.0. The molecule has 0 radical (unpaired) electrons. The van der Waals surface area contributed by atoms with Gasteiger partial charge in [0, 0.05) is 47.5 Å². The van der Waals surface area contributed by atoms with Crippen molar-refractivity contribution in [1.82, 2.24) is 0 Å². The van der Waals surface area contributed by atoms with E-state index in [1.165, 1.54) is 41.8 Å². The van der Waals surface area contributed by atoms with Crippen molar-refractivity contribution in [2.75, 3.05) is 35.5 Å². The Morgan fingerprint density at radius 3 is 1.96 bits per heavy atom. The molecule has 0 saturated carbocycles. The van der Waals surface area contributed by atoms with Gasteiger partial charge >= 0.3 is 7.60 Å². The lowest BCUT2D eigenvalue weighted by atomic mass is 10.1. The van der Waals surface area contributed by atoms with Gasteiger partial charge in [-0.15, -0.1) is 0 Å². The monoisotopic (exact) mass is 402 g/mol. The van der Waals surface area contributed by atoms with Gasteiger partial charge in [0.15, 0.2) is 10.8 Å². The van der Waals surface area contributed by atoms with E-state index in [1.54, 1.807) is 6.07 Å². The molecule has 0 unspecified atom stereocenters. The second-order valence-corrected chi connectivity index (χ2v) is 10.2. The molecule has 26 heavy (non-hydrogen) atoms. The van der Waals surface area contributed by atoms with Crippen molar-refractivity contribution < 1.29 is 31.6 Å². The second kappa shape index (κ2) is 9.16. The van der Waals surface area contributed by atoms with Crippen LogP contribution in [0.3, 0.4) is 0 Å². The summed E-state index contributed by atoms with van der Waals surface area (Å²) in [5.74, 6) is 0.319. The summed E-state index contributed by atoms with van der Waals surface area (Å²) in [7, 11) is -0.178. The molecule has 0 aliphatic carbocycles. The van der Waals surface area contributed by atoms with Crippen LogP contribution < -0.4 is 0 Å². The van der Waals surface area contributed by atoms with Crippen LogP contribution in [-0.4, -0.2) is 40.6 Å². The Morgan fingerprint density at radius 1 is 0.885 bits per heavy atom. The largest absolute Gasteiger partial charge is 0.463 e. The predicted molar refractivity (Wildman–Crippen MR) is 102 cm³/mol. The van der Waals surface area contributed by atoms with Crippen molar-refractivity contribution >= 4 is 20.2 Å². The molecule has 144 valence electrons. The Bertz CT molecular complexity index is 787. The average molecular weight is 402 g/mol. The topological polar surface area (TPSA) is 76.4 Å². The van der Waals surface area contributed by atoms with Gasteiger partial charge in [0.05, 0.1) is 6.26 Å². The Kier molecular flexibility index (Phi) is 7.44. The minimum Gasteiger partial charge on any atom is -0.463 e. The smallest absolute Gasteiger partial charge is 0.371 e. The number of rotatable bonds is 9. The third kappa shape index (κ3) is 4.05. The van der Waals surface area contributed by atoms with Crippen LogP contribution >= 0.6 is 15.2 Å².